The van der Waals surface area contributed by atoms with Crippen molar-refractivity contribution in [1.82, 2.24) is 20.2 Å². The van der Waals surface area contributed by atoms with Crippen molar-refractivity contribution in [2.45, 2.75) is 39.5 Å². The van der Waals surface area contributed by atoms with Crippen LogP contribution in [0.15, 0.2) is 30.3 Å². The molecule has 2 aromatic rings. The molecule has 1 saturated heterocycles. The number of rotatable bonds is 4. The number of hydrogen-bond acceptors (Lipinski definition) is 3. The van der Waals surface area contributed by atoms with Crippen molar-refractivity contribution in [2.75, 3.05) is 13.1 Å². The van der Waals surface area contributed by atoms with Crippen LogP contribution in [0.4, 0.5) is 0 Å². The highest BCUT2D eigenvalue weighted by atomic mass is 16.2. The predicted molar refractivity (Wildman–Crippen MR) is 90.3 cm³/mol. The largest absolute Gasteiger partial charge is 0.289 e. The first-order chi connectivity index (χ1) is 11.1. The molecule has 0 unspecified atom stereocenters. The zero-order valence-corrected chi connectivity index (χ0v) is 13.9. The fraction of sp³-hybridized carbons (Fsp3) is 0.444. The van der Waals surface area contributed by atoms with Crippen LogP contribution in [-0.4, -0.2) is 33.8 Å². The van der Waals surface area contributed by atoms with Gasteiger partial charge in [0.25, 0.3) is 0 Å². The minimum absolute atomic E-state index is 0.0470. The molecular formula is C18H24N4O. The molecule has 1 aliphatic heterocycles. The highest BCUT2D eigenvalue weighted by Crippen LogP contribution is 2.18. The Morgan fingerprint density at radius 1 is 1.13 bits per heavy atom. The van der Waals surface area contributed by atoms with Crippen molar-refractivity contribution >= 4 is 5.91 Å². The van der Waals surface area contributed by atoms with Gasteiger partial charge in [-0.15, -0.1) is 0 Å². The molecule has 0 atom stereocenters. The van der Waals surface area contributed by atoms with Crippen molar-refractivity contribution in [3.63, 3.8) is 0 Å². The number of amides is 1. The summed E-state index contributed by atoms with van der Waals surface area (Å²) in [7, 11) is 0. The Bertz CT molecular complexity index is 672. The van der Waals surface area contributed by atoms with Crippen LogP contribution in [-0.2, 0) is 11.2 Å². The number of carbonyl (C=O) groups is 1. The molecule has 1 aromatic carbocycles. The van der Waals surface area contributed by atoms with Crippen LogP contribution in [0.3, 0.4) is 0 Å². The van der Waals surface area contributed by atoms with Gasteiger partial charge in [0.15, 0.2) is 0 Å². The van der Waals surface area contributed by atoms with Gasteiger partial charge in [-0.1, -0.05) is 24.6 Å². The third kappa shape index (κ3) is 3.62. The average Bonchev–Trinajstić information content (AvgIpc) is 2.85. The van der Waals surface area contributed by atoms with Gasteiger partial charge < -0.3 is 0 Å². The van der Waals surface area contributed by atoms with Crippen molar-refractivity contribution in [2.24, 2.45) is 0 Å². The second kappa shape index (κ2) is 6.96. The lowest BCUT2D eigenvalue weighted by molar-refractivity contribution is -0.125. The molecule has 23 heavy (non-hydrogen) atoms. The predicted octanol–water partition coefficient (Wildman–Crippen LogP) is 2.55. The van der Waals surface area contributed by atoms with E-state index in [0.717, 1.165) is 48.6 Å². The van der Waals surface area contributed by atoms with Crippen LogP contribution in [0.5, 0.6) is 0 Å². The van der Waals surface area contributed by atoms with Crippen LogP contribution in [0, 0.1) is 13.8 Å². The number of aryl methyl sites for hydroxylation is 1. The zero-order valence-electron chi connectivity index (χ0n) is 13.9. The van der Waals surface area contributed by atoms with Gasteiger partial charge in [0.05, 0.1) is 17.8 Å². The zero-order chi connectivity index (χ0) is 16.2. The smallest absolute Gasteiger partial charge is 0.238 e. The van der Waals surface area contributed by atoms with Gasteiger partial charge in [0.1, 0.15) is 0 Å². The van der Waals surface area contributed by atoms with Crippen molar-refractivity contribution < 1.29 is 4.79 Å². The second-order valence-corrected chi connectivity index (χ2v) is 6.16. The molecule has 5 heteroatoms. The lowest BCUT2D eigenvalue weighted by atomic mass is 10.1. The molecule has 3 rings (SSSR count). The number of nitrogens with one attached hydrogen (secondary N) is 1. The maximum Gasteiger partial charge on any atom is 0.238 e. The van der Waals surface area contributed by atoms with Gasteiger partial charge >= 0.3 is 0 Å². The van der Waals surface area contributed by atoms with E-state index in [-0.39, 0.29) is 5.91 Å². The number of hydrazine groups is 1. The summed E-state index contributed by atoms with van der Waals surface area (Å²) in [4.78, 5) is 12.3. The molecule has 0 saturated carbocycles. The Labute approximate surface area is 137 Å². The van der Waals surface area contributed by atoms with Gasteiger partial charge in [-0.2, -0.15) is 5.10 Å². The molecule has 1 aromatic heterocycles. The van der Waals surface area contributed by atoms with Crippen molar-refractivity contribution in [1.29, 1.82) is 0 Å². The monoisotopic (exact) mass is 312 g/mol. The second-order valence-electron chi connectivity index (χ2n) is 6.16. The number of piperidine rings is 1. The summed E-state index contributed by atoms with van der Waals surface area (Å²) in [5.41, 5.74) is 7.02. The molecule has 0 bridgehead atoms. The Kier molecular flexibility index (Phi) is 4.76. The van der Waals surface area contributed by atoms with Gasteiger partial charge in [-0.05, 0) is 38.8 Å². The van der Waals surface area contributed by atoms with Crippen LogP contribution >= 0.6 is 0 Å². The number of benzene rings is 1. The summed E-state index contributed by atoms with van der Waals surface area (Å²) < 4.78 is 1.92. The lowest BCUT2D eigenvalue weighted by Crippen LogP contribution is -2.45. The molecular weight excluding hydrogens is 288 g/mol. The van der Waals surface area contributed by atoms with E-state index >= 15 is 0 Å². The summed E-state index contributed by atoms with van der Waals surface area (Å²) in [6, 6.07) is 10.0. The van der Waals surface area contributed by atoms with Gasteiger partial charge in [0.2, 0.25) is 5.91 Å². The molecule has 122 valence electrons. The summed E-state index contributed by atoms with van der Waals surface area (Å²) in [5.74, 6) is 0.0470. The Morgan fingerprint density at radius 2 is 1.83 bits per heavy atom. The van der Waals surface area contributed by atoms with E-state index in [9.17, 15) is 4.79 Å². The minimum atomic E-state index is 0.0470. The van der Waals surface area contributed by atoms with Gasteiger partial charge in [-0.3, -0.25) is 10.2 Å². The number of nitrogens with zero attached hydrogens (tertiary/aromatic N) is 3. The third-order valence-corrected chi connectivity index (χ3v) is 4.42. The molecule has 1 amide bonds. The van der Waals surface area contributed by atoms with Crippen LogP contribution in [0.25, 0.3) is 5.69 Å². The Morgan fingerprint density at radius 3 is 2.52 bits per heavy atom. The maximum absolute atomic E-state index is 12.3. The summed E-state index contributed by atoms with van der Waals surface area (Å²) in [5, 5.41) is 6.64. The van der Waals surface area contributed by atoms with E-state index in [1.165, 1.54) is 6.42 Å². The first-order valence-corrected chi connectivity index (χ1v) is 8.30. The van der Waals surface area contributed by atoms with Crippen molar-refractivity contribution in [3.8, 4) is 5.69 Å². The Hall–Kier alpha value is -2.14. The standard InChI is InChI=1S/C18H24N4O/c1-14-17(13-18(23)20-21-11-7-4-8-12-21)15(2)22(19-14)16-9-5-3-6-10-16/h3,5-6,9-10H,4,7-8,11-13H2,1-2H3,(H,20,23). The van der Waals surface area contributed by atoms with E-state index < -0.39 is 0 Å². The van der Waals surface area contributed by atoms with Crippen molar-refractivity contribution in [3.05, 3.63) is 47.3 Å². The molecule has 1 aliphatic rings. The highest BCUT2D eigenvalue weighted by molar-refractivity contribution is 5.78. The quantitative estimate of drug-likeness (QED) is 0.944. The average molecular weight is 312 g/mol. The highest BCUT2D eigenvalue weighted by Gasteiger charge is 2.18. The van der Waals surface area contributed by atoms with E-state index in [4.69, 9.17) is 0 Å². The molecule has 2 heterocycles. The minimum Gasteiger partial charge on any atom is -0.289 e. The number of hydrogen-bond donors (Lipinski definition) is 1. The fourth-order valence-corrected chi connectivity index (χ4v) is 3.13. The molecule has 0 radical (unpaired) electrons. The molecule has 1 N–H and O–H groups in total. The van der Waals surface area contributed by atoms with E-state index in [2.05, 4.69) is 10.5 Å². The summed E-state index contributed by atoms with van der Waals surface area (Å²) in [6.45, 7) is 5.90. The molecule has 5 nitrogen and oxygen atoms in total. The Balaban J connectivity index is 1.73. The third-order valence-electron chi connectivity index (χ3n) is 4.42. The van der Waals surface area contributed by atoms with E-state index in [1.54, 1.807) is 0 Å². The first-order valence-electron chi connectivity index (χ1n) is 8.30. The van der Waals surface area contributed by atoms with Crippen LogP contribution in [0.2, 0.25) is 0 Å². The van der Waals surface area contributed by atoms with Crippen LogP contribution < -0.4 is 5.43 Å². The normalized spacial score (nSPS) is 15.6. The topological polar surface area (TPSA) is 50.2 Å². The molecule has 0 aliphatic carbocycles. The molecule has 1 fully saturated rings. The number of aromatic nitrogens is 2. The first kappa shape index (κ1) is 15.7. The van der Waals surface area contributed by atoms with Gasteiger partial charge in [-0.25, -0.2) is 9.69 Å². The summed E-state index contributed by atoms with van der Waals surface area (Å²) >= 11 is 0. The fourth-order valence-electron chi connectivity index (χ4n) is 3.13. The van der Waals surface area contributed by atoms with E-state index in [0.29, 0.717) is 6.42 Å². The summed E-state index contributed by atoms with van der Waals surface area (Å²) in [6.07, 6.45) is 3.95. The lowest BCUT2D eigenvalue weighted by Gasteiger charge is -2.26. The molecule has 0 spiro atoms. The number of carbonyl (C=O) groups excluding carboxylic acids is 1. The van der Waals surface area contributed by atoms with Crippen LogP contribution in [0.1, 0.15) is 36.2 Å². The van der Waals surface area contributed by atoms with E-state index in [1.807, 2.05) is 53.9 Å². The number of para-hydroxylation sites is 1. The SMILES string of the molecule is Cc1nn(-c2ccccc2)c(C)c1CC(=O)NN1CCCCC1. The van der Waals surface area contributed by atoms with Gasteiger partial charge in [0, 0.05) is 24.3 Å². The maximum atomic E-state index is 12.3.